The second kappa shape index (κ2) is 5.69. The second-order valence-corrected chi connectivity index (χ2v) is 5.79. The van der Waals surface area contributed by atoms with Crippen LogP contribution in [-0.2, 0) is 19.1 Å². The lowest BCUT2D eigenvalue weighted by Gasteiger charge is -2.36. The minimum Gasteiger partial charge on any atom is -0.460 e. The molecule has 0 bridgehead atoms. The van der Waals surface area contributed by atoms with Gasteiger partial charge in [0.15, 0.2) is 0 Å². The summed E-state index contributed by atoms with van der Waals surface area (Å²) in [5, 5.41) is 3.19. The SMILES string of the molecule is CC(=O)OC1(CC(=O)OC(C)(C)C)CCNCC1. The number of carbonyl (C=O) groups is 2. The number of esters is 2. The van der Waals surface area contributed by atoms with E-state index in [-0.39, 0.29) is 18.4 Å². The van der Waals surface area contributed by atoms with Crippen molar-refractivity contribution in [2.45, 2.75) is 58.2 Å². The quantitative estimate of drug-likeness (QED) is 0.774. The number of hydrogen-bond donors (Lipinski definition) is 1. The number of piperidine rings is 1. The summed E-state index contributed by atoms with van der Waals surface area (Å²) in [4.78, 5) is 23.1. The Kier molecular flexibility index (Phi) is 4.73. The van der Waals surface area contributed by atoms with E-state index in [1.54, 1.807) is 0 Å². The fraction of sp³-hybridized carbons (Fsp3) is 0.846. The van der Waals surface area contributed by atoms with Crippen molar-refractivity contribution in [2.75, 3.05) is 13.1 Å². The van der Waals surface area contributed by atoms with Gasteiger partial charge < -0.3 is 14.8 Å². The molecule has 0 radical (unpaired) electrons. The van der Waals surface area contributed by atoms with Gasteiger partial charge in [-0.05, 0) is 33.9 Å². The van der Waals surface area contributed by atoms with E-state index in [1.807, 2.05) is 20.8 Å². The zero-order valence-corrected chi connectivity index (χ0v) is 11.7. The Balaban J connectivity index is 2.66. The van der Waals surface area contributed by atoms with Crippen molar-refractivity contribution in [3.05, 3.63) is 0 Å². The molecule has 0 spiro atoms. The van der Waals surface area contributed by atoms with E-state index in [0.29, 0.717) is 12.8 Å². The van der Waals surface area contributed by atoms with E-state index in [9.17, 15) is 9.59 Å². The number of hydrogen-bond acceptors (Lipinski definition) is 5. The molecule has 0 aromatic heterocycles. The van der Waals surface area contributed by atoms with E-state index in [4.69, 9.17) is 9.47 Å². The van der Waals surface area contributed by atoms with Crippen LogP contribution in [0, 0.1) is 0 Å². The summed E-state index contributed by atoms with van der Waals surface area (Å²) in [6.07, 6.45) is 1.42. The Hall–Kier alpha value is -1.10. The van der Waals surface area contributed by atoms with Gasteiger partial charge >= 0.3 is 11.9 Å². The molecule has 1 aliphatic rings. The predicted octanol–water partition coefficient (Wildman–Crippen LogP) is 1.40. The Morgan fingerprint density at radius 3 is 2.22 bits per heavy atom. The summed E-state index contributed by atoms with van der Waals surface area (Å²) in [7, 11) is 0. The zero-order valence-electron chi connectivity index (χ0n) is 11.7. The highest BCUT2D eigenvalue weighted by Crippen LogP contribution is 2.28. The van der Waals surface area contributed by atoms with Gasteiger partial charge in [0.25, 0.3) is 0 Å². The molecule has 1 rings (SSSR count). The summed E-state index contributed by atoms with van der Waals surface area (Å²) in [6, 6.07) is 0. The van der Waals surface area contributed by atoms with Crippen LogP contribution in [0.4, 0.5) is 0 Å². The third-order valence-electron chi connectivity index (χ3n) is 2.76. The first-order valence-electron chi connectivity index (χ1n) is 6.35. The molecule has 0 amide bonds. The first kappa shape index (κ1) is 15.0. The Morgan fingerprint density at radius 1 is 1.22 bits per heavy atom. The third kappa shape index (κ3) is 5.04. The van der Waals surface area contributed by atoms with Crippen LogP contribution in [0.3, 0.4) is 0 Å². The normalized spacial score (nSPS) is 19.1. The molecular formula is C13H23NO4. The maximum Gasteiger partial charge on any atom is 0.310 e. The fourth-order valence-corrected chi connectivity index (χ4v) is 2.14. The molecule has 1 aliphatic heterocycles. The van der Waals surface area contributed by atoms with Crippen molar-refractivity contribution in [2.24, 2.45) is 0 Å². The summed E-state index contributed by atoms with van der Waals surface area (Å²) in [6.45, 7) is 8.34. The van der Waals surface area contributed by atoms with Crippen LogP contribution in [0.2, 0.25) is 0 Å². The van der Waals surface area contributed by atoms with Crippen LogP contribution in [0.5, 0.6) is 0 Å². The average molecular weight is 257 g/mol. The molecule has 0 aromatic carbocycles. The molecule has 5 nitrogen and oxygen atoms in total. The van der Waals surface area contributed by atoms with Crippen molar-refractivity contribution >= 4 is 11.9 Å². The lowest BCUT2D eigenvalue weighted by molar-refractivity contribution is -0.172. The van der Waals surface area contributed by atoms with Gasteiger partial charge in [0.05, 0.1) is 6.42 Å². The zero-order chi connectivity index (χ0) is 13.8. The molecule has 5 heteroatoms. The largest absolute Gasteiger partial charge is 0.460 e. The van der Waals surface area contributed by atoms with Crippen LogP contribution in [-0.4, -0.2) is 36.2 Å². The smallest absolute Gasteiger partial charge is 0.310 e. The van der Waals surface area contributed by atoms with Crippen molar-refractivity contribution in [1.82, 2.24) is 5.32 Å². The highest BCUT2D eigenvalue weighted by Gasteiger charge is 2.38. The minimum atomic E-state index is -0.695. The molecule has 1 heterocycles. The van der Waals surface area contributed by atoms with Gasteiger partial charge in [-0.25, -0.2) is 0 Å². The lowest BCUT2D eigenvalue weighted by Crippen LogP contribution is -2.47. The lowest BCUT2D eigenvalue weighted by atomic mass is 9.88. The average Bonchev–Trinajstić information content (AvgIpc) is 2.13. The number of carbonyl (C=O) groups excluding carboxylic acids is 2. The first-order chi connectivity index (χ1) is 8.22. The first-order valence-corrected chi connectivity index (χ1v) is 6.35. The van der Waals surface area contributed by atoms with Gasteiger partial charge in [0, 0.05) is 19.8 Å². The van der Waals surface area contributed by atoms with Crippen molar-refractivity contribution in [3.63, 3.8) is 0 Å². The van der Waals surface area contributed by atoms with Crippen molar-refractivity contribution in [3.8, 4) is 0 Å². The molecule has 1 N–H and O–H groups in total. The van der Waals surface area contributed by atoms with Crippen LogP contribution >= 0.6 is 0 Å². The van der Waals surface area contributed by atoms with E-state index in [0.717, 1.165) is 13.1 Å². The predicted molar refractivity (Wildman–Crippen MR) is 67.1 cm³/mol. The molecule has 0 aliphatic carbocycles. The number of ether oxygens (including phenoxy) is 2. The monoisotopic (exact) mass is 257 g/mol. The van der Waals surface area contributed by atoms with Crippen LogP contribution in [0.15, 0.2) is 0 Å². The fourth-order valence-electron chi connectivity index (χ4n) is 2.14. The number of rotatable bonds is 3. The second-order valence-electron chi connectivity index (χ2n) is 5.79. The van der Waals surface area contributed by atoms with Crippen LogP contribution < -0.4 is 5.32 Å². The van der Waals surface area contributed by atoms with Crippen molar-refractivity contribution in [1.29, 1.82) is 0 Å². The summed E-state index contributed by atoms with van der Waals surface area (Å²) < 4.78 is 10.7. The van der Waals surface area contributed by atoms with E-state index in [2.05, 4.69) is 5.32 Å². The molecule has 104 valence electrons. The summed E-state index contributed by atoms with van der Waals surface area (Å²) in [5.74, 6) is -0.661. The summed E-state index contributed by atoms with van der Waals surface area (Å²) >= 11 is 0. The van der Waals surface area contributed by atoms with Crippen molar-refractivity contribution < 1.29 is 19.1 Å². The molecular weight excluding hydrogens is 234 g/mol. The van der Waals surface area contributed by atoms with E-state index < -0.39 is 11.2 Å². The van der Waals surface area contributed by atoms with E-state index >= 15 is 0 Å². The molecule has 1 fully saturated rings. The Bertz CT molecular complexity index is 313. The standard InChI is InChI=1S/C13H23NO4/c1-10(15)17-13(5-7-14-8-6-13)9-11(16)18-12(2,3)4/h14H,5-9H2,1-4H3. The van der Waals surface area contributed by atoms with Crippen LogP contribution in [0.25, 0.3) is 0 Å². The highest BCUT2D eigenvalue weighted by atomic mass is 16.6. The maximum atomic E-state index is 11.9. The highest BCUT2D eigenvalue weighted by molar-refractivity contribution is 5.73. The van der Waals surface area contributed by atoms with Gasteiger partial charge in [0.1, 0.15) is 11.2 Å². The molecule has 0 aromatic rings. The Labute approximate surface area is 108 Å². The molecule has 1 saturated heterocycles. The third-order valence-corrected chi connectivity index (χ3v) is 2.76. The van der Waals surface area contributed by atoms with Gasteiger partial charge in [0.2, 0.25) is 0 Å². The van der Waals surface area contributed by atoms with Gasteiger partial charge in [-0.1, -0.05) is 0 Å². The van der Waals surface area contributed by atoms with Gasteiger partial charge in [-0.2, -0.15) is 0 Å². The molecule has 0 saturated carbocycles. The van der Waals surface area contributed by atoms with Gasteiger partial charge in [-0.3, -0.25) is 9.59 Å². The molecule has 0 atom stereocenters. The summed E-state index contributed by atoms with van der Waals surface area (Å²) in [5.41, 5.74) is -1.21. The van der Waals surface area contributed by atoms with Gasteiger partial charge in [-0.15, -0.1) is 0 Å². The van der Waals surface area contributed by atoms with E-state index in [1.165, 1.54) is 6.92 Å². The van der Waals surface area contributed by atoms with Crippen LogP contribution in [0.1, 0.15) is 47.0 Å². The topological polar surface area (TPSA) is 64.6 Å². The maximum absolute atomic E-state index is 11.9. The molecule has 0 unspecified atom stereocenters. The Morgan fingerprint density at radius 2 is 1.78 bits per heavy atom. The minimum absolute atomic E-state index is 0.130. The number of nitrogens with one attached hydrogen (secondary N) is 1. The molecule has 18 heavy (non-hydrogen) atoms.